The quantitative estimate of drug-likeness (QED) is 0.892. The molecule has 0 spiro atoms. The Hall–Kier alpha value is -1.02. The maximum Gasteiger partial charge on any atom is 0.0399 e. The van der Waals surface area contributed by atoms with Crippen molar-refractivity contribution < 1.29 is 0 Å². The van der Waals surface area contributed by atoms with Gasteiger partial charge in [0.1, 0.15) is 0 Å². The standard InChI is InChI=1S/C17H28N2/c1-4-14(3)16-13-19(12-8-11-18-16)17-10-7-6-9-15(17)5-2/h6-7,9-10,14,16,18H,4-5,8,11-13H2,1-3H3. The number of benzene rings is 1. The second kappa shape index (κ2) is 6.95. The van der Waals surface area contributed by atoms with Gasteiger partial charge in [-0.2, -0.15) is 0 Å². The molecule has 1 aromatic rings. The van der Waals surface area contributed by atoms with Gasteiger partial charge in [-0.25, -0.2) is 0 Å². The lowest BCUT2D eigenvalue weighted by Crippen LogP contribution is -2.42. The molecule has 1 aromatic carbocycles. The molecule has 0 aliphatic carbocycles. The minimum absolute atomic E-state index is 0.623. The smallest absolute Gasteiger partial charge is 0.0399 e. The minimum atomic E-state index is 0.623. The molecule has 19 heavy (non-hydrogen) atoms. The van der Waals surface area contributed by atoms with Crippen LogP contribution in [0.3, 0.4) is 0 Å². The third-order valence-corrected chi connectivity index (χ3v) is 4.47. The van der Waals surface area contributed by atoms with Gasteiger partial charge in [-0.05, 0) is 36.9 Å². The van der Waals surface area contributed by atoms with Crippen LogP contribution in [0.2, 0.25) is 0 Å². The van der Waals surface area contributed by atoms with Gasteiger partial charge in [0, 0.05) is 24.8 Å². The van der Waals surface area contributed by atoms with E-state index in [1.165, 1.54) is 30.6 Å². The van der Waals surface area contributed by atoms with Gasteiger partial charge in [-0.3, -0.25) is 0 Å². The minimum Gasteiger partial charge on any atom is -0.370 e. The highest BCUT2D eigenvalue weighted by Crippen LogP contribution is 2.24. The van der Waals surface area contributed by atoms with Gasteiger partial charge in [0.15, 0.2) is 0 Å². The highest BCUT2D eigenvalue weighted by Gasteiger charge is 2.22. The largest absolute Gasteiger partial charge is 0.370 e. The molecule has 2 atom stereocenters. The normalized spacial score (nSPS) is 22.1. The zero-order chi connectivity index (χ0) is 13.7. The van der Waals surface area contributed by atoms with Crippen LogP contribution in [0.25, 0.3) is 0 Å². The number of para-hydroxylation sites is 1. The van der Waals surface area contributed by atoms with Crippen molar-refractivity contribution in [2.24, 2.45) is 5.92 Å². The number of nitrogens with zero attached hydrogens (tertiary/aromatic N) is 1. The van der Waals surface area contributed by atoms with Crippen molar-refractivity contribution in [1.29, 1.82) is 0 Å². The maximum absolute atomic E-state index is 3.73. The number of nitrogens with one attached hydrogen (secondary N) is 1. The number of anilines is 1. The molecule has 2 nitrogen and oxygen atoms in total. The first kappa shape index (κ1) is 14.4. The van der Waals surface area contributed by atoms with Crippen molar-refractivity contribution in [2.75, 3.05) is 24.5 Å². The summed E-state index contributed by atoms with van der Waals surface area (Å²) in [5, 5.41) is 3.73. The molecule has 0 aromatic heterocycles. The van der Waals surface area contributed by atoms with Gasteiger partial charge in [0.05, 0.1) is 0 Å². The van der Waals surface area contributed by atoms with Crippen molar-refractivity contribution in [3.8, 4) is 0 Å². The summed E-state index contributed by atoms with van der Waals surface area (Å²) in [7, 11) is 0. The molecular weight excluding hydrogens is 232 g/mol. The van der Waals surface area contributed by atoms with Crippen LogP contribution in [0.4, 0.5) is 5.69 Å². The number of hydrogen-bond acceptors (Lipinski definition) is 2. The van der Waals surface area contributed by atoms with Gasteiger partial charge in [0.2, 0.25) is 0 Å². The Labute approximate surface area is 118 Å². The summed E-state index contributed by atoms with van der Waals surface area (Å²) >= 11 is 0. The second-order valence-corrected chi connectivity index (χ2v) is 5.73. The van der Waals surface area contributed by atoms with Crippen LogP contribution in [0.15, 0.2) is 24.3 Å². The summed E-state index contributed by atoms with van der Waals surface area (Å²) in [4.78, 5) is 2.59. The molecule has 0 saturated carbocycles. The summed E-state index contributed by atoms with van der Waals surface area (Å²) < 4.78 is 0. The van der Waals surface area contributed by atoms with Crippen LogP contribution in [0, 0.1) is 5.92 Å². The Kier molecular flexibility index (Phi) is 5.26. The SMILES string of the molecule is CCc1ccccc1N1CCCNC(C(C)CC)C1. The molecular formula is C17H28N2. The lowest BCUT2D eigenvalue weighted by Gasteiger charge is -2.30. The predicted molar refractivity (Wildman–Crippen MR) is 83.9 cm³/mol. The highest BCUT2D eigenvalue weighted by molar-refractivity contribution is 5.54. The zero-order valence-electron chi connectivity index (χ0n) is 12.7. The van der Waals surface area contributed by atoms with Crippen LogP contribution in [-0.4, -0.2) is 25.7 Å². The lowest BCUT2D eigenvalue weighted by molar-refractivity contribution is 0.384. The fourth-order valence-corrected chi connectivity index (χ4v) is 2.95. The molecule has 0 radical (unpaired) electrons. The Balaban J connectivity index is 2.17. The molecule has 1 aliphatic rings. The number of aryl methyl sites for hydroxylation is 1. The second-order valence-electron chi connectivity index (χ2n) is 5.73. The molecule has 1 fully saturated rings. The first-order valence-electron chi connectivity index (χ1n) is 7.82. The fraction of sp³-hybridized carbons (Fsp3) is 0.647. The third-order valence-electron chi connectivity index (χ3n) is 4.47. The van der Waals surface area contributed by atoms with Gasteiger partial charge in [0.25, 0.3) is 0 Å². The molecule has 106 valence electrons. The van der Waals surface area contributed by atoms with Crippen LogP contribution < -0.4 is 10.2 Å². The zero-order valence-corrected chi connectivity index (χ0v) is 12.7. The average Bonchev–Trinajstić information content (AvgIpc) is 2.72. The Morgan fingerprint density at radius 1 is 1.32 bits per heavy atom. The van der Waals surface area contributed by atoms with Crippen molar-refractivity contribution in [1.82, 2.24) is 5.32 Å². The molecule has 2 heteroatoms. The Morgan fingerprint density at radius 2 is 2.11 bits per heavy atom. The summed E-state index contributed by atoms with van der Waals surface area (Å²) in [6.45, 7) is 10.4. The lowest BCUT2D eigenvalue weighted by atomic mass is 9.98. The fourth-order valence-electron chi connectivity index (χ4n) is 2.95. The average molecular weight is 260 g/mol. The molecule has 1 saturated heterocycles. The van der Waals surface area contributed by atoms with Crippen LogP contribution in [0.5, 0.6) is 0 Å². The van der Waals surface area contributed by atoms with Crippen molar-refractivity contribution >= 4 is 5.69 Å². The van der Waals surface area contributed by atoms with Gasteiger partial charge < -0.3 is 10.2 Å². The number of hydrogen-bond donors (Lipinski definition) is 1. The van der Waals surface area contributed by atoms with E-state index in [4.69, 9.17) is 0 Å². The maximum atomic E-state index is 3.73. The van der Waals surface area contributed by atoms with E-state index in [1.54, 1.807) is 0 Å². The van der Waals surface area contributed by atoms with E-state index >= 15 is 0 Å². The molecule has 0 bridgehead atoms. The monoisotopic (exact) mass is 260 g/mol. The van der Waals surface area contributed by atoms with Crippen molar-refractivity contribution in [2.45, 2.75) is 46.1 Å². The first-order chi connectivity index (χ1) is 9.26. The molecule has 2 rings (SSSR count). The molecule has 1 heterocycles. The van der Waals surface area contributed by atoms with E-state index in [2.05, 4.69) is 55.3 Å². The van der Waals surface area contributed by atoms with Crippen LogP contribution in [-0.2, 0) is 6.42 Å². The van der Waals surface area contributed by atoms with E-state index in [0.717, 1.165) is 25.4 Å². The van der Waals surface area contributed by atoms with Crippen LogP contribution >= 0.6 is 0 Å². The third kappa shape index (κ3) is 3.50. The Bertz CT molecular complexity index is 389. The van der Waals surface area contributed by atoms with Crippen molar-refractivity contribution in [3.05, 3.63) is 29.8 Å². The molecule has 1 N–H and O–H groups in total. The summed E-state index contributed by atoms with van der Waals surface area (Å²) in [5.41, 5.74) is 2.93. The van der Waals surface area contributed by atoms with Gasteiger partial charge in [-0.1, -0.05) is 45.4 Å². The molecule has 0 amide bonds. The molecule has 1 aliphatic heterocycles. The van der Waals surface area contributed by atoms with E-state index in [1.807, 2.05) is 0 Å². The van der Waals surface area contributed by atoms with E-state index in [9.17, 15) is 0 Å². The summed E-state index contributed by atoms with van der Waals surface area (Å²) in [6, 6.07) is 9.51. The topological polar surface area (TPSA) is 15.3 Å². The van der Waals surface area contributed by atoms with Crippen molar-refractivity contribution in [3.63, 3.8) is 0 Å². The summed E-state index contributed by atoms with van der Waals surface area (Å²) in [5.74, 6) is 0.745. The van der Waals surface area contributed by atoms with Gasteiger partial charge in [-0.15, -0.1) is 0 Å². The van der Waals surface area contributed by atoms with E-state index in [0.29, 0.717) is 6.04 Å². The number of rotatable bonds is 4. The summed E-state index contributed by atoms with van der Waals surface area (Å²) in [6.07, 6.45) is 3.61. The highest BCUT2D eigenvalue weighted by atomic mass is 15.2. The Morgan fingerprint density at radius 3 is 2.84 bits per heavy atom. The molecule has 2 unspecified atom stereocenters. The predicted octanol–water partition coefficient (Wildman–Crippen LogP) is 3.46. The van der Waals surface area contributed by atoms with E-state index < -0.39 is 0 Å². The first-order valence-corrected chi connectivity index (χ1v) is 7.82. The van der Waals surface area contributed by atoms with Crippen LogP contribution in [0.1, 0.15) is 39.2 Å². The van der Waals surface area contributed by atoms with Gasteiger partial charge >= 0.3 is 0 Å². The van der Waals surface area contributed by atoms with E-state index in [-0.39, 0.29) is 0 Å².